The molecule has 13 aliphatic rings. The van der Waals surface area contributed by atoms with E-state index < -0.39 is 185 Å². The van der Waals surface area contributed by atoms with E-state index in [0.29, 0.717) is 106 Å². The molecule has 14 rings (SSSR count). The summed E-state index contributed by atoms with van der Waals surface area (Å²) in [5.74, 6) is -4.60. The van der Waals surface area contributed by atoms with E-state index in [-0.39, 0.29) is 75.4 Å². The zero-order valence-electron chi connectivity index (χ0n) is 62.2. The number of hydroxylamine groups is 12. The zero-order valence-corrected chi connectivity index (χ0v) is 67.1. The SMILES string of the molecule is CC(=O)CNC(=O)[C@@H]1CC[C@@H]2CN1C(=O)N2OS(=O)(=O)O.CC1=C[C@@H](C(N)=O)N2C[C@@H]1N(O[C@H](F)C(=O)O)C2=O.CC1=C[C@@H]2CN(C(=O)N2OS(=O)(=O)O)[C@@H]1C(N)=O.O=C(CNC(=O)[C@@H]1CC[C@@H]2CN1C(=O)N2OS(=O)(=O)O)[C@@H]1CCCNC1.O=C1N2C[C@@H](CC[C@H]2c2nncs2)N1OS(=O)(=O)O.[C-]#[N+]C1CC[C@@H]2CN1C(=O)N2OS(=O)(=O)O. The summed E-state index contributed by atoms with van der Waals surface area (Å²) >= 11 is 1.34. The number of aromatic nitrogens is 2. The lowest BCUT2D eigenvalue weighted by Crippen LogP contribution is -2.51. The molecular weight excluding hydrogens is 1740 g/mol. The first kappa shape index (κ1) is 92.9. The number of halogens is 1. The van der Waals surface area contributed by atoms with E-state index in [9.17, 15) is 109 Å². The molecule has 13 aliphatic heterocycles. The van der Waals surface area contributed by atoms with Crippen LogP contribution < -0.4 is 27.4 Å². The number of ketones is 2. The van der Waals surface area contributed by atoms with Crippen LogP contribution in [-0.4, -0.2) is 356 Å². The summed E-state index contributed by atoms with van der Waals surface area (Å²) in [5.41, 5.74) is 13.0. The number of nitrogens with two attached hydrogens (primary N) is 2. The third-order valence-electron chi connectivity index (χ3n) is 19.9. The Morgan fingerprint density at radius 1 is 0.563 bits per heavy atom. The van der Waals surface area contributed by atoms with Crippen molar-refractivity contribution < 1.29 is 163 Å². The predicted molar refractivity (Wildman–Crippen MR) is 381 cm³/mol. The number of hydrogen-bond acceptors (Lipinski definition) is 33. The Bertz CT molecular complexity index is 4870. The average Bonchev–Trinajstić information content (AvgIpc) is 1.66. The normalized spacial score (nSPS) is 27.5. The molecule has 14 atom stereocenters. The Labute approximate surface area is 678 Å². The molecule has 0 radical (unpaired) electrons. The minimum absolute atomic E-state index is 0.0525. The highest BCUT2D eigenvalue weighted by atomic mass is 32.3. The smallest absolute Gasteiger partial charge is 0.418 e. The van der Waals surface area contributed by atoms with Crippen molar-refractivity contribution in [2.24, 2.45) is 17.4 Å². The molecule has 1 aromatic heterocycles. The number of piperidine rings is 5. The van der Waals surface area contributed by atoms with Gasteiger partial charge in [-0.3, -0.25) is 61.3 Å². The van der Waals surface area contributed by atoms with Crippen LogP contribution in [0.1, 0.15) is 96.0 Å². The number of urea groups is 6. The summed E-state index contributed by atoms with van der Waals surface area (Å²) in [6.07, 6.45) is 4.95. The van der Waals surface area contributed by atoms with Gasteiger partial charge in [-0.15, -0.1) is 43.0 Å². The van der Waals surface area contributed by atoms with E-state index in [0.717, 1.165) is 39.1 Å². The van der Waals surface area contributed by atoms with Crippen LogP contribution in [-0.2, 0) is 112 Å². The number of nitrogens with one attached hydrogen (secondary N) is 3. The molecule has 62 heteroatoms. The van der Waals surface area contributed by atoms with Gasteiger partial charge in [0.15, 0.2) is 5.78 Å². The van der Waals surface area contributed by atoms with Crippen LogP contribution in [0.3, 0.4) is 0 Å². The first-order valence-corrected chi connectivity index (χ1v) is 42.9. The van der Waals surface area contributed by atoms with E-state index >= 15 is 0 Å². The summed E-state index contributed by atoms with van der Waals surface area (Å²) in [4.78, 5) is 167. The molecule has 16 amide bonds. The summed E-state index contributed by atoms with van der Waals surface area (Å²) in [6, 6.07) is -11.4. The fourth-order valence-electron chi connectivity index (χ4n) is 14.7. The molecule has 11 fully saturated rings. The third-order valence-corrected chi connectivity index (χ3v) is 22.4. The first-order valence-electron chi connectivity index (χ1n) is 35.2. The van der Waals surface area contributed by atoms with Gasteiger partial charge in [0.25, 0.3) is 0 Å². The molecule has 119 heavy (non-hydrogen) atoms. The number of amides is 16. The topological polar surface area (TPSA) is 727 Å². The molecule has 660 valence electrons. The number of hydrogen-bond donors (Lipinski definition) is 11. The highest BCUT2D eigenvalue weighted by molar-refractivity contribution is 7.81. The lowest BCUT2D eigenvalue weighted by Gasteiger charge is -2.29. The highest BCUT2D eigenvalue weighted by Crippen LogP contribution is 2.40. The second-order valence-electron chi connectivity index (χ2n) is 27.9. The van der Waals surface area contributed by atoms with Gasteiger partial charge in [-0.05, 0) is 96.2 Å². The van der Waals surface area contributed by atoms with Crippen LogP contribution in [0.2, 0.25) is 0 Å². The van der Waals surface area contributed by atoms with Gasteiger partial charge in [0.1, 0.15) is 46.5 Å². The lowest BCUT2D eigenvalue weighted by atomic mass is 9.95. The molecule has 14 heterocycles. The van der Waals surface area contributed by atoms with Crippen molar-refractivity contribution in [3.05, 3.63) is 45.2 Å². The van der Waals surface area contributed by atoms with Gasteiger partial charge >= 0.3 is 107 Å². The van der Waals surface area contributed by atoms with Crippen molar-refractivity contribution >= 4 is 141 Å². The van der Waals surface area contributed by atoms with Crippen molar-refractivity contribution in [3.63, 3.8) is 0 Å². The molecule has 13 N–H and O–H groups in total. The van der Waals surface area contributed by atoms with Gasteiger partial charge < -0.3 is 57.0 Å². The second-order valence-corrected chi connectivity index (χ2v) is 33.8. The number of carboxylic acid groups (broad SMARTS) is 1. The largest absolute Gasteiger partial charge is 0.477 e. The van der Waals surface area contributed by atoms with Crippen molar-refractivity contribution in [2.45, 2.75) is 164 Å². The van der Waals surface area contributed by atoms with Gasteiger partial charge in [-0.1, -0.05) is 12.2 Å². The van der Waals surface area contributed by atoms with Crippen LogP contribution in [0, 0.1) is 12.5 Å². The molecule has 55 nitrogen and oxygen atoms in total. The number of carbonyl (C=O) groups is 13. The number of nitrogens with zero attached hydrogens (tertiary/aromatic N) is 15. The van der Waals surface area contributed by atoms with Crippen LogP contribution in [0.4, 0.5) is 33.2 Å². The Balaban J connectivity index is 0.000000164. The minimum atomic E-state index is -4.82. The maximum atomic E-state index is 13.0. The maximum Gasteiger partial charge on any atom is 0.418 e. The Morgan fingerprint density at radius 2 is 1.01 bits per heavy atom. The maximum absolute atomic E-state index is 13.0. The first-order chi connectivity index (χ1) is 55.4. The molecule has 1 unspecified atom stereocenters. The third kappa shape index (κ3) is 23.0. The van der Waals surface area contributed by atoms with Gasteiger partial charge in [-0.25, -0.2) is 49.4 Å². The minimum Gasteiger partial charge on any atom is -0.477 e. The lowest BCUT2D eigenvalue weighted by molar-refractivity contribution is -0.220. The molecule has 0 aliphatic carbocycles. The van der Waals surface area contributed by atoms with Crippen molar-refractivity contribution in [1.29, 1.82) is 0 Å². The number of aliphatic carboxylic acids is 1. The number of carboxylic acids is 1. The molecular formula is C57H79FN20O35S6. The van der Waals surface area contributed by atoms with E-state index in [1.54, 1.807) is 19.4 Å². The molecule has 0 aromatic carbocycles. The standard InChI is InChI=1S/C14H22N4O7S.C10H12FN3O5.C10H15N3O7S.C8H10N4O5S2.C8H11N3O6S.C7H9N3O5S/c19-12(9-2-1-5-15-6-9)7-16-13(20)11-4-3-10-8-17(11)14(21)18(10)25-26(22,23)24;1-4-2-5(8(12)15)13-3-6(4)14(10(13)18)19-7(11)9(16)17;1-6(14)4-11-9(15)8-3-2-7-5-12(8)10(16)13(7)20-21(17,18)19;13-8-11-3-5(12(8)17-19(14,15)16)1-2-6(11)7-10-9-4-18-7;1-4-2-5-3-10(6(4)7(9)12)8(13)11(5)17-18(14,15)16;1-8-6-3-2-5-4-9(6)7(11)10(5)15-16(12,13)14/h9-11,15H,1-8H2,(H,16,20)(H,22,23,24);2,5-7H,3H2,1H3,(H2,12,15)(H,16,17);7-8H,2-5H2,1H3,(H,11,15)(H,17,18,19);4-6H,1-3H2,(H,14,15,16);2,5-6H,3H2,1H3,(H2,9,12)(H,14,15,16);5-6H,2-4H2,(H,12,13,14)/t9-,10-,11+;5-,6-,7-;7-,8+;2*5-,6+;5-,6?/m101111/s1. The van der Waals surface area contributed by atoms with Crippen LogP contribution in [0.5, 0.6) is 0 Å². The molecule has 1 aromatic rings. The molecule has 0 saturated carbocycles. The van der Waals surface area contributed by atoms with Gasteiger partial charge in [-0.2, -0.15) is 72.5 Å². The van der Waals surface area contributed by atoms with Crippen molar-refractivity contribution in [1.82, 2.24) is 85.9 Å². The number of Topliss-reactive ketones (excluding diaryl/α,β-unsaturated/α-hetero) is 2. The fourth-order valence-corrected chi connectivity index (χ4v) is 17.4. The van der Waals surface area contributed by atoms with E-state index in [1.165, 1.54) is 45.1 Å². The number of alkyl halides is 1. The summed E-state index contributed by atoms with van der Waals surface area (Å²) in [6.45, 7) is 13.7. The average molecular weight is 1820 g/mol. The summed E-state index contributed by atoms with van der Waals surface area (Å²) in [7, 11) is -23.8. The fraction of sp³-hybridized carbons (Fsp3) is 0.649. The number of carbonyl (C=O) groups excluding carboxylic acids is 12. The summed E-state index contributed by atoms with van der Waals surface area (Å²) in [5, 5.41) is 28.6. The van der Waals surface area contributed by atoms with Crippen LogP contribution in [0.15, 0.2) is 28.8 Å². The quantitative estimate of drug-likeness (QED) is 0.0279. The van der Waals surface area contributed by atoms with E-state index in [1.807, 2.05) is 0 Å². The van der Waals surface area contributed by atoms with Crippen LogP contribution >= 0.6 is 11.3 Å². The van der Waals surface area contributed by atoms with E-state index in [4.69, 9.17) is 45.9 Å². The van der Waals surface area contributed by atoms with Gasteiger partial charge in [0.05, 0.1) is 69.0 Å². The summed E-state index contributed by atoms with van der Waals surface area (Å²) < 4.78 is 184. The van der Waals surface area contributed by atoms with Crippen molar-refractivity contribution in [2.75, 3.05) is 65.4 Å². The van der Waals surface area contributed by atoms with Gasteiger partial charge in [0.2, 0.25) is 23.6 Å². The molecule has 12 bridgehead atoms. The Kier molecular flexibility index (Phi) is 29.2. The number of fused-ring (bicyclic) bond motifs is 12. The second kappa shape index (κ2) is 37.4. The zero-order chi connectivity index (χ0) is 88.2. The number of primary amides is 2. The van der Waals surface area contributed by atoms with Crippen LogP contribution in [0.25, 0.3) is 4.85 Å². The molecule has 11 saturated heterocycles. The molecule has 0 spiro atoms. The Hall–Kier alpha value is -9.96. The monoisotopic (exact) mass is 1810 g/mol. The highest BCUT2D eigenvalue weighted by Gasteiger charge is 2.55. The predicted octanol–water partition coefficient (Wildman–Crippen LogP) is -4.69. The Morgan fingerprint density at radius 3 is 1.45 bits per heavy atom. The van der Waals surface area contributed by atoms with Crippen molar-refractivity contribution in [3.8, 4) is 0 Å². The number of rotatable bonds is 23. The van der Waals surface area contributed by atoms with E-state index in [2.05, 4.69) is 57.2 Å². The van der Waals surface area contributed by atoms with Gasteiger partial charge in [0, 0.05) is 38.5 Å².